The first-order chi connectivity index (χ1) is 9.29. The molecule has 0 aliphatic carbocycles. The van der Waals surface area contributed by atoms with Gasteiger partial charge in [0, 0.05) is 13.1 Å². The molecule has 1 aromatic rings. The summed E-state index contributed by atoms with van der Waals surface area (Å²) in [6.45, 7) is 2.12. The number of hydrogen-bond donors (Lipinski definition) is 2. The van der Waals surface area contributed by atoms with Crippen molar-refractivity contribution in [1.29, 1.82) is 0 Å². The highest BCUT2D eigenvalue weighted by Crippen LogP contribution is 2.29. The van der Waals surface area contributed by atoms with Gasteiger partial charge in [0.15, 0.2) is 0 Å². The lowest BCUT2D eigenvalue weighted by Crippen LogP contribution is -2.42. The summed E-state index contributed by atoms with van der Waals surface area (Å²) < 4.78 is 22.6. The van der Waals surface area contributed by atoms with Crippen molar-refractivity contribution in [1.82, 2.24) is 4.90 Å². The summed E-state index contributed by atoms with van der Waals surface area (Å²) in [6, 6.07) is 5.09. The minimum absolute atomic E-state index is 0.0514. The summed E-state index contributed by atoms with van der Waals surface area (Å²) in [5.74, 6) is 0. The highest BCUT2D eigenvalue weighted by molar-refractivity contribution is 7.89. The molecule has 112 valence electrons. The average molecular weight is 298 g/mol. The molecule has 2 rings (SSSR count). The van der Waals surface area contributed by atoms with Crippen molar-refractivity contribution >= 4 is 21.4 Å². The number of rotatable bonds is 3. The predicted octanol–water partition coefficient (Wildman–Crippen LogP) is 0.447. The Balaban J connectivity index is 2.20. The monoisotopic (exact) mass is 298 g/mol. The highest BCUT2D eigenvalue weighted by Gasteiger charge is 2.22. The number of anilines is 2. The van der Waals surface area contributed by atoms with Gasteiger partial charge >= 0.3 is 0 Å². The Hall–Kier alpha value is -1.31. The van der Waals surface area contributed by atoms with E-state index in [2.05, 4.69) is 16.8 Å². The van der Waals surface area contributed by atoms with E-state index in [1.54, 1.807) is 6.07 Å². The van der Waals surface area contributed by atoms with E-state index in [0.717, 1.165) is 31.6 Å². The molecule has 1 aliphatic heterocycles. The van der Waals surface area contributed by atoms with Gasteiger partial charge in [0.25, 0.3) is 0 Å². The molecule has 4 N–H and O–H groups in total. The Bertz CT molecular complexity index is 580. The lowest BCUT2D eigenvalue weighted by Gasteiger charge is -2.36. The van der Waals surface area contributed by atoms with Crippen LogP contribution in [0.4, 0.5) is 11.4 Å². The molecule has 0 spiro atoms. The fourth-order valence-electron chi connectivity index (χ4n) is 2.61. The number of likely N-dealkylation sites (tertiary alicyclic amines) is 1. The summed E-state index contributed by atoms with van der Waals surface area (Å²) in [5.41, 5.74) is 7.28. The van der Waals surface area contributed by atoms with Crippen LogP contribution in [-0.4, -0.2) is 46.5 Å². The normalized spacial score (nSPS) is 18.1. The molecule has 0 saturated carbocycles. The van der Waals surface area contributed by atoms with Crippen LogP contribution in [0.2, 0.25) is 0 Å². The van der Waals surface area contributed by atoms with Gasteiger partial charge in [0.1, 0.15) is 0 Å². The van der Waals surface area contributed by atoms with Crippen molar-refractivity contribution in [3.05, 3.63) is 18.2 Å². The van der Waals surface area contributed by atoms with Crippen molar-refractivity contribution in [2.75, 3.05) is 37.8 Å². The summed E-state index contributed by atoms with van der Waals surface area (Å²) >= 11 is 0. The number of benzene rings is 1. The maximum absolute atomic E-state index is 11.3. The molecule has 7 heteroatoms. The molecule has 0 aromatic heterocycles. The van der Waals surface area contributed by atoms with Gasteiger partial charge in [0.05, 0.1) is 16.3 Å². The molecule has 1 saturated heterocycles. The molecule has 0 amide bonds. The zero-order valence-electron chi connectivity index (χ0n) is 11.9. The van der Waals surface area contributed by atoms with Crippen molar-refractivity contribution in [3.63, 3.8) is 0 Å². The molecule has 1 heterocycles. The number of sulfonamides is 1. The van der Waals surface area contributed by atoms with Crippen molar-refractivity contribution in [3.8, 4) is 0 Å². The number of primary sulfonamides is 1. The van der Waals surface area contributed by atoms with Crippen LogP contribution in [0.1, 0.15) is 12.8 Å². The molecule has 1 aromatic carbocycles. The molecule has 0 unspecified atom stereocenters. The minimum Gasteiger partial charge on any atom is -0.397 e. The quantitative estimate of drug-likeness (QED) is 0.790. The Morgan fingerprint density at radius 1 is 1.30 bits per heavy atom. The fraction of sp³-hybridized carbons (Fsp3) is 0.538. The van der Waals surface area contributed by atoms with E-state index in [1.165, 1.54) is 12.1 Å². The molecule has 6 nitrogen and oxygen atoms in total. The molecular weight excluding hydrogens is 276 g/mol. The number of nitrogen functional groups attached to an aromatic ring is 1. The van der Waals surface area contributed by atoms with Crippen LogP contribution in [-0.2, 0) is 10.0 Å². The summed E-state index contributed by atoms with van der Waals surface area (Å²) in [4.78, 5) is 4.49. The zero-order valence-corrected chi connectivity index (χ0v) is 12.7. The standard InChI is InChI=1S/C13H22N4O2S/c1-16-7-5-10(6-8-16)17(2)13-4-3-11(9-12(13)14)20(15,18)19/h3-4,9-10H,5-8,14H2,1-2H3,(H2,15,18,19). The number of nitrogens with two attached hydrogens (primary N) is 2. The molecule has 0 atom stereocenters. The molecule has 0 bridgehead atoms. The van der Waals surface area contributed by atoms with Gasteiger partial charge in [-0.1, -0.05) is 0 Å². The SMILES string of the molecule is CN1CCC(N(C)c2ccc(S(N)(=O)=O)cc2N)CC1. The third kappa shape index (κ3) is 3.23. The summed E-state index contributed by atoms with van der Waals surface area (Å²) in [7, 11) is 0.410. The summed E-state index contributed by atoms with van der Waals surface area (Å²) in [6.07, 6.45) is 2.15. The van der Waals surface area contributed by atoms with Crippen molar-refractivity contribution in [2.45, 2.75) is 23.8 Å². The summed E-state index contributed by atoms with van der Waals surface area (Å²) in [5, 5.41) is 5.11. The van der Waals surface area contributed by atoms with E-state index < -0.39 is 10.0 Å². The number of piperidine rings is 1. The smallest absolute Gasteiger partial charge is 0.238 e. The van der Waals surface area contributed by atoms with Crippen LogP contribution in [0.15, 0.2) is 23.1 Å². The Morgan fingerprint density at radius 3 is 2.40 bits per heavy atom. The molecular formula is C13H22N4O2S. The Kier molecular flexibility index (Phi) is 4.22. The third-order valence-corrected chi connectivity index (χ3v) is 4.85. The van der Waals surface area contributed by atoms with Gasteiger partial charge in [-0.25, -0.2) is 13.6 Å². The lowest BCUT2D eigenvalue weighted by atomic mass is 10.0. The minimum atomic E-state index is -3.71. The topological polar surface area (TPSA) is 92.7 Å². The maximum Gasteiger partial charge on any atom is 0.238 e. The third-order valence-electron chi connectivity index (χ3n) is 3.94. The van der Waals surface area contributed by atoms with Gasteiger partial charge < -0.3 is 15.5 Å². The number of hydrogen-bond acceptors (Lipinski definition) is 5. The van der Waals surface area contributed by atoms with E-state index >= 15 is 0 Å². The van der Waals surface area contributed by atoms with Gasteiger partial charge in [-0.05, 0) is 51.2 Å². The molecule has 1 fully saturated rings. The maximum atomic E-state index is 11.3. The van der Waals surface area contributed by atoms with E-state index in [1.807, 2.05) is 7.05 Å². The second-order valence-corrected chi connectivity index (χ2v) is 6.97. The molecule has 0 radical (unpaired) electrons. The van der Waals surface area contributed by atoms with Gasteiger partial charge in [-0.15, -0.1) is 0 Å². The van der Waals surface area contributed by atoms with E-state index in [9.17, 15) is 8.42 Å². The zero-order chi connectivity index (χ0) is 14.9. The van der Waals surface area contributed by atoms with E-state index in [4.69, 9.17) is 10.9 Å². The van der Waals surface area contributed by atoms with Crippen LogP contribution < -0.4 is 15.8 Å². The fourth-order valence-corrected chi connectivity index (χ4v) is 3.16. The van der Waals surface area contributed by atoms with Crippen LogP contribution >= 0.6 is 0 Å². The van der Waals surface area contributed by atoms with E-state index in [0.29, 0.717) is 11.7 Å². The largest absolute Gasteiger partial charge is 0.397 e. The first-order valence-corrected chi connectivity index (χ1v) is 8.17. The van der Waals surface area contributed by atoms with E-state index in [-0.39, 0.29) is 4.90 Å². The molecule has 1 aliphatic rings. The second-order valence-electron chi connectivity index (χ2n) is 5.41. The van der Waals surface area contributed by atoms with Crippen LogP contribution in [0, 0.1) is 0 Å². The van der Waals surface area contributed by atoms with Crippen LogP contribution in [0.3, 0.4) is 0 Å². The first-order valence-electron chi connectivity index (χ1n) is 6.63. The lowest BCUT2D eigenvalue weighted by molar-refractivity contribution is 0.253. The number of nitrogens with zero attached hydrogens (tertiary/aromatic N) is 2. The highest BCUT2D eigenvalue weighted by atomic mass is 32.2. The van der Waals surface area contributed by atoms with Crippen LogP contribution in [0.5, 0.6) is 0 Å². The predicted molar refractivity (Wildman–Crippen MR) is 81.1 cm³/mol. The van der Waals surface area contributed by atoms with Crippen molar-refractivity contribution < 1.29 is 8.42 Å². The first kappa shape index (κ1) is 15.1. The second kappa shape index (κ2) is 5.59. The van der Waals surface area contributed by atoms with Crippen molar-refractivity contribution in [2.24, 2.45) is 5.14 Å². The van der Waals surface area contributed by atoms with Crippen LogP contribution in [0.25, 0.3) is 0 Å². The average Bonchev–Trinajstić information content (AvgIpc) is 2.37. The van der Waals surface area contributed by atoms with Gasteiger partial charge in [0.2, 0.25) is 10.0 Å². The van der Waals surface area contributed by atoms with Gasteiger partial charge in [-0.3, -0.25) is 0 Å². The Labute approximate surface area is 120 Å². The molecule has 20 heavy (non-hydrogen) atoms. The Morgan fingerprint density at radius 2 is 1.90 bits per heavy atom. The van der Waals surface area contributed by atoms with Gasteiger partial charge in [-0.2, -0.15) is 0 Å².